The maximum Gasteiger partial charge on any atom is 0.0786 e. The van der Waals surface area contributed by atoms with Gasteiger partial charge in [-0.05, 0) is 22.6 Å². The van der Waals surface area contributed by atoms with Crippen molar-refractivity contribution in [1.29, 1.82) is 0 Å². The third kappa shape index (κ3) is 1.37. The first kappa shape index (κ1) is 10.7. The van der Waals surface area contributed by atoms with Crippen molar-refractivity contribution >= 4 is 33.8 Å². The summed E-state index contributed by atoms with van der Waals surface area (Å²) in [6.45, 7) is 7.85. The van der Waals surface area contributed by atoms with Crippen molar-refractivity contribution in [1.82, 2.24) is 4.98 Å². The van der Waals surface area contributed by atoms with Gasteiger partial charge >= 0.3 is 0 Å². The van der Waals surface area contributed by atoms with Gasteiger partial charge in [0.15, 0.2) is 0 Å². The Kier molecular flexibility index (Phi) is 2.45. The highest BCUT2D eigenvalue weighted by Crippen LogP contribution is 2.32. The molecule has 0 amide bonds. The number of aromatic nitrogens is 1. The van der Waals surface area contributed by atoms with E-state index < -0.39 is 0 Å². The maximum absolute atomic E-state index is 4.51. The van der Waals surface area contributed by atoms with E-state index in [4.69, 9.17) is 0 Å². The van der Waals surface area contributed by atoms with Gasteiger partial charge in [0, 0.05) is 17.0 Å². The molecule has 0 aliphatic rings. The van der Waals surface area contributed by atoms with Crippen molar-refractivity contribution in [3.05, 3.63) is 66.9 Å². The predicted octanol–water partition coefficient (Wildman–Crippen LogP) is 4.67. The van der Waals surface area contributed by atoms with Crippen LogP contribution in [-0.2, 0) is 0 Å². The summed E-state index contributed by atoms with van der Waals surface area (Å²) in [4.78, 5) is 4.51. The quantitative estimate of drug-likeness (QED) is 0.584. The Morgan fingerprint density at radius 1 is 0.778 bits per heavy atom. The van der Waals surface area contributed by atoms with Gasteiger partial charge in [-0.2, -0.15) is 0 Å². The first-order valence-corrected chi connectivity index (χ1v) is 5.91. The minimum Gasteiger partial charge on any atom is -0.256 e. The number of nitrogens with zero attached hydrogens (tertiary/aromatic N) is 1. The summed E-state index contributed by atoms with van der Waals surface area (Å²) in [5, 5.41) is 3.46. The predicted molar refractivity (Wildman–Crippen MR) is 79.4 cm³/mol. The molecule has 3 aromatic rings. The molecule has 18 heavy (non-hydrogen) atoms. The summed E-state index contributed by atoms with van der Waals surface area (Å²) in [6.07, 6.45) is 5.61. The van der Waals surface area contributed by atoms with E-state index in [2.05, 4.69) is 36.3 Å². The molecule has 1 heteroatoms. The average Bonchev–Trinajstić information content (AvgIpc) is 2.45. The average molecular weight is 231 g/mol. The molecule has 0 aliphatic carbocycles. The Labute approximate surface area is 106 Å². The number of benzene rings is 2. The van der Waals surface area contributed by atoms with Gasteiger partial charge in [-0.3, -0.25) is 4.98 Å². The van der Waals surface area contributed by atoms with Gasteiger partial charge in [0.05, 0.1) is 5.52 Å². The third-order valence-corrected chi connectivity index (χ3v) is 3.27. The van der Waals surface area contributed by atoms with Crippen molar-refractivity contribution in [2.75, 3.05) is 0 Å². The van der Waals surface area contributed by atoms with Crippen molar-refractivity contribution in [2.45, 2.75) is 0 Å². The minimum atomic E-state index is 1.02. The number of rotatable bonds is 2. The van der Waals surface area contributed by atoms with E-state index >= 15 is 0 Å². The number of hydrogen-bond donors (Lipinski definition) is 0. The largest absolute Gasteiger partial charge is 0.256 e. The molecule has 0 spiro atoms. The highest BCUT2D eigenvalue weighted by atomic mass is 14.6. The molecule has 86 valence electrons. The van der Waals surface area contributed by atoms with Crippen LogP contribution in [0.1, 0.15) is 11.1 Å². The molecule has 0 aliphatic heterocycles. The van der Waals surface area contributed by atoms with E-state index in [1.54, 1.807) is 0 Å². The molecule has 0 fully saturated rings. The van der Waals surface area contributed by atoms with Crippen LogP contribution in [-0.4, -0.2) is 4.98 Å². The fourth-order valence-corrected chi connectivity index (χ4v) is 2.49. The Balaban J connectivity index is 2.70. The number of hydrogen-bond acceptors (Lipinski definition) is 1. The molecule has 2 aromatic carbocycles. The molecule has 0 atom stereocenters. The van der Waals surface area contributed by atoms with Gasteiger partial charge in [-0.1, -0.05) is 55.6 Å². The van der Waals surface area contributed by atoms with E-state index in [9.17, 15) is 0 Å². The maximum atomic E-state index is 4.51. The molecule has 0 saturated carbocycles. The fraction of sp³-hybridized carbons (Fsp3) is 0. The lowest BCUT2D eigenvalue weighted by Gasteiger charge is -2.11. The molecular weight excluding hydrogens is 218 g/mol. The second-order valence-corrected chi connectivity index (χ2v) is 4.18. The van der Waals surface area contributed by atoms with Crippen LogP contribution in [0.15, 0.2) is 55.8 Å². The zero-order valence-electron chi connectivity index (χ0n) is 10.1. The Morgan fingerprint density at radius 3 is 2.11 bits per heavy atom. The molecule has 0 unspecified atom stereocenters. The Hall–Kier alpha value is -2.41. The Bertz CT molecular complexity index is 702. The molecule has 1 heterocycles. The van der Waals surface area contributed by atoms with Crippen LogP contribution < -0.4 is 0 Å². The lowest BCUT2D eigenvalue weighted by Crippen LogP contribution is -1.90. The van der Waals surface area contributed by atoms with Crippen LogP contribution >= 0.6 is 0 Å². The molecule has 1 aromatic heterocycles. The van der Waals surface area contributed by atoms with E-state index in [1.807, 2.05) is 36.5 Å². The molecule has 0 radical (unpaired) electrons. The van der Waals surface area contributed by atoms with Crippen molar-refractivity contribution in [2.24, 2.45) is 0 Å². The van der Waals surface area contributed by atoms with Gasteiger partial charge in [0.25, 0.3) is 0 Å². The van der Waals surface area contributed by atoms with Gasteiger partial charge in [-0.25, -0.2) is 0 Å². The summed E-state index contributed by atoms with van der Waals surface area (Å²) >= 11 is 0. The molecule has 3 rings (SSSR count). The number of pyridine rings is 1. The van der Waals surface area contributed by atoms with E-state index in [1.165, 1.54) is 5.39 Å². The van der Waals surface area contributed by atoms with E-state index in [-0.39, 0.29) is 0 Å². The van der Waals surface area contributed by atoms with E-state index in [0.717, 1.165) is 27.4 Å². The van der Waals surface area contributed by atoms with Crippen molar-refractivity contribution in [3.63, 3.8) is 0 Å². The standard InChI is InChI=1S/C17H13N/c1-3-12-13(4-2)15-10-7-11-18-17(15)16-9-6-5-8-14(12)16/h3-11H,1-2H2. The van der Waals surface area contributed by atoms with Gasteiger partial charge in [0.1, 0.15) is 0 Å². The SMILES string of the molecule is C=Cc1c(C=C)c2cccnc2c2ccccc12. The van der Waals surface area contributed by atoms with Crippen LogP contribution in [0.25, 0.3) is 33.8 Å². The highest BCUT2D eigenvalue weighted by Gasteiger charge is 2.10. The normalized spacial score (nSPS) is 10.7. The Morgan fingerprint density at radius 2 is 1.39 bits per heavy atom. The lowest BCUT2D eigenvalue weighted by atomic mass is 9.94. The van der Waals surface area contributed by atoms with Crippen LogP contribution in [0.3, 0.4) is 0 Å². The first-order chi connectivity index (χ1) is 8.86. The fourth-order valence-electron chi connectivity index (χ4n) is 2.49. The van der Waals surface area contributed by atoms with Crippen molar-refractivity contribution in [3.8, 4) is 0 Å². The van der Waals surface area contributed by atoms with Crippen LogP contribution in [0, 0.1) is 0 Å². The first-order valence-electron chi connectivity index (χ1n) is 5.91. The van der Waals surface area contributed by atoms with Crippen LogP contribution in [0.4, 0.5) is 0 Å². The summed E-state index contributed by atoms with van der Waals surface area (Å²) < 4.78 is 0. The second kappa shape index (κ2) is 4.11. The smallest absolute Gasteiger partial charge is 0.0786 e. The van der Waals surface area contributed by atoms with E-state index in [0.29, 0.717) is 0 Å². The summed E-state index contributed by atoms with van der Waals surface area (Å²) in [7, 11) is 0. The number of fused-ring (bicyclic) bond motifs is 3. The molecule has 0 saturated heterocycles. The zero-order valence-corrected chi connectivity index (χ0v) is 10.1. The zero-order chi connectivity index (χ0) is 12.5. The van der Waals surface area contributed by atoms with Gasteiger partial charge < -0.3 is 0 Å². The second-order valence-electron chi connectivity index (χ2n) is 4.18. The monoisotopic (exact) mass is 231 g/mol. The van der Waals surface area contributed by atoms with Crippen LogP contribution in [0.2, 0.25) is 0 Å². The molecular formula is C17H13N. The summed E-state index contributed by atoms with van der Waals surface area (Å²) in [5.41, 5.74) is 3.25. The lowest BCUT2D eigenvalue weighted by molar-refractivity contribution is 1.42. The highest BCUT2D eigenvalue weighted by molar-refractivity contribution is 6.12. The molecule has 0 bridgehead atoms. The molecule has 0 N–H and O–H groups in total. The topological polar surface area (TPSA) is 12.9 Å². The summed E-state index contributed by atoms with van der Waals surface area (Å²) in [5.74, 6) is 0. The summed E-state index contributed by atoms with van der Waals surface area (Å²) in [6, 6.07) is 12.3. The van der Waals surface area contributed by atoms with Crippen LogP contribution in [0.5, 0.6) is 0 Å². The van der Waals surface area contributed by atoms with Crippen molar-refractivity contribution < 1.29 is 0 Å². The minimum absolute atomic E-state index is 1.02. The van der Waals surface area contributed by atoms with Gasteiger partial charge in [0.2, 0.25) is 0 Å². The molecule has 1 nitrogen and oxygen atoms in total. The van der Waals surface area contributed by atoms with Gasteiger partial charge in [-0.15, -0.1) is 0 Å². The third-order valence-electron chi connectivity index (χ3n) is 3.27.